The fraction of sp³-hybridized carbons (Fsp3) is 0.381. The van der Waals surface area contributed by atoms with E-state index in [2.05, 4.69) is 29.3 Å². The van der Waals surface area contributed by atoms with Gasteiger partial charge in [0.15, 0.2) is 0 Å². The van der Waals surface area contributed by atoms with E-state index >= 15 is 0 Å². The van der Waals surface area contributed by atoms with E-state index in [-0.39, 0.29) is 17.6 Å². The fourth-order valence-corrected chi connectivity index (χ4v) is 5.06. The second-order valence-corrected chi connectivity index (χ2v) is 8.19. The Morgan fingerprint density at radius 2 is 2.08 bits per heavy atom. The SMILES string of the molecule is Cc1ccsc1[C@@H]1CCN(Cc2ccc3c(C)cc(=O)oc3c2)C[C@H]1O. The second kappa shape index (κ2) is 6.99. The first-order valence-electron chi connectivity index (χ1n) is 8.99. The highest BCUT2D eigenvalue weighted by molar-refractivity contribution is 7.10. The predicted molar refractivity (Wildman–Crippen MR) is 105 cm³/mol. The lowest BCUT2D eigenvalue weighted by atomic mass is 9.90. The third kappa shape index (κ3) is 3.34. The molecule has 1 aromatic carbocycles. The Balaban J connectivity index is 1.49. The second-order valence-electron chi connectivity index (χ2n) is 7.24. The number of likely N-dealkylation sites (tertiary alicyclic amines) is 1. The Labute approximate surface area is 156 Å². The highest BCUT2D eigenvalue weighted by Gasteiger charge is 2.30. The van der Waals surface area contributed by atoms with Crippen LogP contribution in [-0.4, -0.2) is 29.2 Å². The molecule has 0 unspecified atom stereocenters. The normalized spacial score (nSPS) is 21.3. The van der Waals surface area contributed by atoms with Crippen LogP contribution in [0.15, 0.2) is 44.9 Å². The van der Waals surface area contributed by atoms with Gasteiger partial charge in [-0.3, -0.25) is 4.90 Å². The molecule has 1 N–H and O–H groups in total. The third-order valence-electron chi connectivity index (χ3n) is 5.33. The fourth-order valence-electron chi connectivity index (χ4n) is 3.94. The molecule has 1 saturated heterocycles. The summed E-state index contributed by atoms with van der Waals surface area (Å²) in [4.78, 5) is 15.2. The largest absolute Gasteiger partial charge is 0.423 e. The Bertz CT molecular complexity index is 990. The van der Waals surface area contributed by atoms with Gasteiger partial charge in [-0.05, 0) is 61.0 Å². The minimum atomic E-state index is -0.346. The summed E-state index contributed by atoms with van der Waals surface area (Å²) in [5, 5.41) is 13.7. The monoisotopic (exact) mass is 369 g/mol. The highest BCUT2D eigenvalue weighted by Crippen LogP contribution is 2.34. The maximum atomic E-state index is 11.6. The summed E-state index contributed by atoms with van der Waals surface area (Å²) in [6.45, 7) is 6.41. The summed E-state index contributed by atoms with van der Waals surface area (Å²) in [6.07, 6.45) is 0.617. The van der Waals surface area contributed by atoms with Crippen LogP contribution in [-0.2, 0) is 6.54 Å². The van der Waals surface area contributed by atoms with Gasteiger partial charge in [0.2, 0.25) is 0 Å². The molecule has 0 aliphatic carbocycles. The van der Waals surface area contributed by atoms with E-state index in [0.717, 1.165) is 36.0 Å². The zero-order chi connectivity index (χ0) is 18.3. The summed E-state index contributed by atoms with van der Waals surface area (Å²) >= 11 is 1.75. The van der Waals surface area contributed by atoms with Gasteiger partial charge in [-0.2, -0.15) is 0 Å². The number of aliphatic hydroxyl groups excluding tert-OH is 1. The molecule has 26 heavy (non-hydrogen) atoms. The number of thiophene rings is 1. The van der Waals surface area contributed by atoms with Crippen molar-refractivity contribution in [3.63, 3.8) is 0 Å². The van der Waals surface area contributed by atoms with Gasteiger partial charge < -0.3 is 9.52 Å². The molecule has 0 saturated carbocycles. The van der Waals surface area contributed by atoms with Crippen molar-refractivity contribution in [3.8, 4) is 0 Å². The number of fused-ring (bicyclic) bond motifs is 1. The smallest absolute Gasteiger partial charge is 0.336 e. The molecule has 4 rings (SSSR count). The van der Waals surface area contributed by atoms with Crippen LogP contribution in [0.25, 0.3) is 11.0 Å². The van der Waals surface area contributed by atoms with Gasteiger partial charge >= 0.3 is 5.63 Å². The van der Waals surface area contributed by atoms with Crippen LogP contribution in [0.5, 0.6) is 0 Å². The Morgan fingerprint density at radius 1 is 1.23 bits per heavy atom. The quantitative estimate of drug-likeness (QED) is 0.713. The topological polar surface area (TPSA) is 53.7 Å². The molecule has 1 aliphatic rings. The zero-order valence-corrected chi connectivity index (χ0v) is 15.9. The summed E-state index contributed by atoms with van der Waals surface area (Å²) in [6, 6.07) is 9.70. The molecular formula is C21H23NO3S. The molecule has 3 aromatic rings. The number of rotatable bonds is 3. The lowest BCUT2D eigenvalue weighted by Crippen LogP contribution is -2.42. The lowest BCUT2D eigenvalue weighted by Gasteiger charge is -2.36. The lowest BCUT2D eigenvalue weighted by molar-refractivity contribution is 0.0485. The van der Waals surface area contributed by atoms with E-state index in [9.17, 15) is 9.90 Å². The van der Waals surface area contributed by atoms with Gasteiger partial charge in [0.05, 0.1) is 6.10 Å². The summed E-state index contributed by atoms with van der Waals surface area (Å²) in [7, 11) is 0. The highest BCUT2D eigenvalue weighted by atomic mass is 32.1. The number of piperidine rings is 1. The van der Waals surface area contributed by atoms with Gasteiger partial charge in [-0.1, -0.05) is 12.1 Å². The van der Waals surface area contributed by atoms with Crippen molar-refractivity contribution in [1.82, 2.24) is 4.90 Å². The Hall–Kier alpha value is -1.95. The minimum absolute atomic E-state index is 0.239. The summed E-state index contributed by atoms with van der Waals surface area (Å²) < 4.78 is 5.35. The van der Waals surface area contributed by atoms with E-state index < -0.39 is 0 Å². The molecule has 1 aliphatic heterocycles. The molecule has 4 nitrogen and oxygen atoms in total. The number of hydrogen-bond donors (Lipinski definition) is 1. The number of β-amino-alcohol motifs (C(OH)–C–C–N with tert-alkyl or cyclic N) is 1. The van der Waals surface area contributed by atoms with Crippen molar-refractivity contribution in [2.75, 3.05) is 13.1 Å². The van der Waals surface area contributed by atoms with E-state index in [1.807, 2.05) is 19.1 Å². The molecule has 136 valence electrons. The van der Waals surface area contributed by atoms with Crippen LogP contribution >= 0.6 is 11.3 Å². The number of aryl methyl sites for hydroxylation is 2. The van der Waals surface area contributed by atoms with Crippen LogP contribution in [0.2, 0.25) is 0 Å². The molecule has 0 spiro atoms. The number of nitrogens with zero attached hydrogens (tertiary/aromatic N) is 1. The average molecular weight is 369 g/mol. The Kier molecular flexibility index (Phi) is 4.69. The Morgan fingerprint density at radius 3 is 2.81 bits per heavy atom. The molecule has 0 amide bonds. The first-order chi connectivity index (χ1) is 12.5. The number of aliphatic hydroxyl groups is 1. The molecule has 0 radical (unpaired) electrons. The maximum Gasteiger partial charge on any atom is 0.336 e. The predicted octanol–water partition coefficient (Wildman–Crippen LogP) is 3.82. The molecular weight excluding hydrogens is 346 g/mol. The summed E-state index contributed by atoms with van der Waals surface area (Å²) in [5.74, 6) is 0.239. The maximum absolute atomic E-state index is 11.6. The first-order valence-corrected chi connectivity index (χ1v) is 9.87. The van der Waals surface area contributed by atoms with Gasteiger partial charge in [-0.15, -0.1) is 11.3 Å². The van der Waals surface area contributed by atoms with Gasteiger partial charge in [0, 0.05) is 35.3 Å². The first kappa shape index (κ1) is 17.5. The van der Waals surface area contributed by atoms with Gasteiger partial charge in [0.25, 0.3) is 0 Å². The number of hydrogen-bond acceptors (Lipinski definition) is 5. The van der Waals surface area contributed by atoms with E-state index in [0.29, 0.717) is 12.1 Å². The van der Waals surface area contributed by atoms with Crippen molar-refractivity contribution in [1.29, 1.82) is 0 Å². The van der Waals surface area contributed by atoms with Crippen molar-refractivity contribution < 1.29 is 9.52 Å². The number of benzene rings is 1. The van der Waals surface area contributed by atoms with Crippen molar-refractivity contribution in [2.45, 2.75) is 38.8 Å². The van der Waals surface area contributed by atoms with Crippen LogP contribution in [0.4, 0.5) is 0 Å². The van der Waals surface area contributed by atoms with Crippen LogP contribution in [0.3, 0.4) is 0 Å². The molecule has 3 heterocycles. The van der Waals surface area contributed by atoms with E-state index in [1.54, 1.807) is 11.3 Å². The molecule has 1 fully saturated rings. The average Bonchev–Trinajstić information content (AvgIpc) is 3.00. The third-order valence-corrected chi connectivity index (χ3v) is 6.48. The zero-order valence-electron chi connectivity index (χ0n) is 15.1. The van der Waals surface area contributed by atoms with Crippen molar-refractivity contribution in [3.05, 3.63) is 67.7 Å². The van der Waals surface area contributed by atoms with Gasteiger partial charge in [0.1, 0.15) is 5.58 Å². The van der Waals surface area contributed by atoms with Crippen molar-refractivity contribution in [2.24, 2.45) is 0 Å². The van der Waals surface area contributed by atoms with Crippen LogP contribution in [0, 0.1) is 13.8 Å². The van der Waals surface area contributed by atoms with E-state index in [1.165, 1.54) is 16.5 Å². The van der Waals surface area contributed by atoms with Gasteiger partial charge in [-0.25, -0.2) is 4.79 Å². The van der Waals surface area contributed by atoms with E-state index in [4.69, 9.17) is 4.42 Å². The molecule has 5 heteroatoms. The summed E-state index contributed by atoms with van der Waals surface area (Å²) in [5.41, 5.74) is 3.65. The van der Waals surface area contributed by atoms with Crippen molar-refractivity contribution >= 4 is 22.3 Å². The standard InChI is InChI=1S/C21H23NO3S/c1-13-6-8-26-21(13)17-5-7-22(12-18(17)23)11-15-3-4-16-14(2)9-20(24)25-19(16)10-15/h3-4,6,8-10,17-18,23H,5,7,11-12H2,1-2H3/t17-,18-/m1/s1. The van der Waals surface area contributed by atoms with Crippen LogP contribution in [0.1, 0.15) is 33.9 Å². The molecule has 0 bridgehead atoms. The van der Waals surface area contributed by atoms with Crippen LogP contribution < -0.4 is 5.63 Å². The minimum Gasteiger partial charge on any atom is -0.423 e. The molecule has 2 aromatic heterocycles. The molecule has 2 atom stereocenters.